The standard InChI is InChI=1S/C16H26N2O/c1-12(18-10-9-15(11-18)13(2)17)3-4-14-5-7-16(19)8-6-14/h5-8,12-13,15,19H,3-4,9-11,17H2,1-2H3. The summed E-state index contributed by atoms with van der Waals surface area (Å²) >= 11 is 0. The lowest BCUT2D eigenvalue weighted by molar-refractivity contribution is 0.234. The molecule has 1 aromatic rings. The Morgan fingerprint density at radius 3 is 2.58 bits per heavy atom. The van der Waals surface area contributed by atoms with Crippen LogP contribution in [-0.4, -0.2) is 35.2 Å². The van der Waals surface area contributed by atoms with Crippen molar-refractivity contribution in [3.05, 3.63) is 29.8 Å². The molecule has 3 heteroatoms. The van der Waals surface area contributed by atoms with Crippen LogP contribution in [0.4, 0.5) is 0 Å². The largest absolute Gasteiger partial charge is 0.508 e. The molecule has 19 heavy (non-hydrogen) atoms. The first-order chi connectivity index (χ1) is 9.06. The number of phenolic OH excluding ortho intramolecular Hbond substituents is 1. The fourth-order valence-corrected chi connectivity index (χ4v) is 2.87. The van der Waals surface area contributed by atoms with E-state index in [0.29, 0.717) is 23.8 Å². The van der Waals surface area contributed by atoms with Gasteiger partial charge in [0.05, 0.1) is 0 Å². The zero-order valence-corrected chi connectivity index (χ0v) is 12.0. The molecule has 0 aromatic heterocycles. The van der Waals surface area contributed by atoms with Crippen LogP contribution in [0.1, 0.15) is 32.3 Å². The van der Waals surface area contributed by atoms with E-state index in [2.05, 4.69) is 18.7 Å². The number of benzene rings is 1. The van der Waals surface area contributed by atoms with E-state index >= 15 is 0 Å². The SMILES string of the molecule is CC(N)C1CCN(C(C)CCc2ccc(O)cc2)C1. The minimum Gasteiger partial charge on any atom is -0.508 e. The van der Waals surface area contributed by atoms with E-state index in [9.17, 15) is 5.11 Å². The fraction of sp³-hybridized carbons (Fsp3) is 0.625. The number of aromatic hydroxyl groups is 1. The third kappa shape index (κ3) is 3.95. The summed E-state index contributed by atoms with van der Waals surface area (Å²) in [6.45, 7) is 6.76. The van der Waals surface area contributed by atoms with Gasteiger partial charge in [0.2, 0.25) is 0 Å². The van der Waals surface area contributed by atoms with Crippen molar-refractivity contribution in [3.63, 3.8) is 0 Å². The fourth-order valence-electron chi connectivity index (χ4n) is 2.87. The molecule has 0 saturated carbocycles. The number of nitrogens with zero attached hydrogens (tertiary/aromatic N) is 1. The van der Waals surface area contributed by atoms with Gasteiger partial charge in [0.25, 0.3) is 0 Å². The second kappa shape index (κ2) is 6.40. The van der Waals surface area contributed by atoms with E-state index in [1.165, 1.54) is 18.5 Å². The molecule has 0 amide bonds. The third-order valence-electron chi connectivity index (χ3n) is 4.41. The van der Waals surface area contributed by atoms with E-state index in [1.807, 2.05) is 12.1 Å². The highest BCUT2D eigenvalue weighted by Gasteiger charge is 2.27. The lowest BCUT2D eigenvalue weighted by atomic mass is 10.0. The van der Waals surface area contributed by atoms with E-state index in [4.69, 9.17) is 5.73 Å². The van der Waals surface area contributed by atoms with Crippen molar-refractivity contribution in [2.75, 3.05) is 13.1 Å². The lowest BCUT2D eigenvalue weighted by Crippen LogP contribution is -2.34. The molecule has 0 radical (unpaired) electrons. The van der Waals surface area contributed by atoms with Crippen molar-refractivity contribution in [2.45, 2.75) is 45.2 Å². The quantitative estimate of drug-likeness (QED) is 0.856. The van der Waals surface area contributed by atoms with Gasteiger partial charge in [0.1, 0.15) is 5.75 Å². The molecular weight excluding hydrogens is 236 g/mol. The smallest absolute Gasteiger partial charge is 0.115 e. The van der Waals surface area contributed by atoms with Gasteiger partial charge in [-0.1, -0.05) is 12.1 Å². The lowest BCUT2D eigenvalue weighted by Gasteiger charge is -2.25. The van der Waals surface area contributed by atoms with Crippen molar-refractivity contribution in [1.29, 1.82) is 0 Å². The molecule has 106 valence electrons. The minimum atomic E-state index is 0.314. The second-order valence-electron chi connectivity index (χ2n) is 5.96. The summed E-state index contributed by atoms with van der Waals surface area (Å²) in [5, 5.41) is 9.27. The van der Waals surface area contributed by atoms with E-state index < -0.39 is 0 Å². The van der Waals surface area contributed by atoms with Crippen LogP contribution < -0.4 is 5.73 Å². The topological polar surface area (TPSA) is 49.5 Å². The minimum absolute atomic E-state index is 0.314. The van der Waals surface area contributed by atoms with E-state index in [1.54, 1.807) is 12.1 Å². The van der Waals surface area contributed by atoms with E-state index in [0.717, 1.165) is 19.4 Å². The number of hydrogen-bond acceptors (Lipinski definition) is 3. The van der Waals surface area contributed by atoms with Crippen LogP contribution in [0.25, 0.3) is 0 Å². The van der Waals surface area contributed by atoms with Crippen molar-refractivity contribution in [3.8, 4) is 5.75 Å². The van der Waals surface area contributed by atoms with Gasteiger partial charge in [-0.15, -0.1) is 0 Å². The molecule has 3 unspecified atom stereocenters. The summed E-state index contributed by atoms with van der Waals surface area (Å²) in [7, 11) is 0. The predicted molar refractivity (Wildman–Crippen MR) is 79.2 cm³/mol. The first-order valence-corrected chi connectivity index (χ1v) is 7.34. The van der Waals surface area contributed by atoms with Gasteiger partial charge in [0.15, 0.2) is 0 Å². The first kappa shape index (κ1) is 14.4. The Morgan fingerprint density at radius 2 is 2.00 bits per heavy atom. The maximum atomic E-state index is 9.27. The van der Waals surface area contributed by atoms with Gasteiger partial charge in [-0.3, -0.25) is 0 Å². The van der Waals surface area contributed by atoms with Crippen LogP contribution in [0, 0.1) is 5.92 Å². The molecule has 1 aliphatic rings. The van der Waals surface area contributed by atoms with Crippen LogP contribution in [0.5, 0.6) is 5.75 Å². The summed E-state index contributed by atoms with van der Waals surface area (Å²) in [5.41, 5.74) is 7.29. The number of phenols is 1. The van der Waals surface area contributed by atoms with Crippen LogP contribution in [0.3, 0.4) is 0 Å². The Balaban J connectivity index is 1.78. The molecule has 0 aliphatic carbocycles. The molecule has 3 N–H and O–H groups in total. The molecule has 3 nitrogen and oxygen atoms in total. The van der Waals surface area contributed by atoms with Gasteiger partial charge < -0.3 is 15.7 Å². The monoisotopic (exact) mass is 262 g/mol. The first-order valence-electron chi connectivity index (χ1n) is 7.34. The summed E-state index contributed by atoms with van der Waals surface area (Å²) in [6.07, 6.45) is 3.47. The number of rotatable bonds is 5. The Kier molecular flexibility index (Phi) is 4.83. The Labute approximate surface area is 116 Å². The summed E-state index contributed by atoms with van der Waals surface area (Å²) < 4.78 is 0. The molecule has 2 rings (SSSR count). The van der Waals surface area contributed by atoms with Gasteiger partial charge in [-0.25, -0.2) is 0 Å². The normalized spacial score (nSPS) is 23.4. The molecule has 1 heterocycles. The third-order valence-corrected chi connectivity index (χ3v) is 4.41. The molecule has 1 fully saturated rings. The maximum absolute atomic E-state index is 9.27. The van der Waals surface area contributed by atoms with Gasteiger partial charge in [-0.2, -0.15) is 0 Å². The van der Waals surface area contributed by atoms with Gasteiger partial charge >= 0.3 is 0 Å². The zero-order chi connectivity index (χ0) is 13.8. The van der Waals surface area contributed by atoms with Crippen molar-refractivity contribution in [1.82, 2.24) is 4.90 Å². The second-order valence-corrected chi connectivity index (χ2v) is 5.96. The average molecular weight is 262 g/mol. The summed E-state index contributed by atoms with van der Waals surface area (Å²) in [4.78, 5) is 2.56. The number of aryl methyl sites for hydroxylation is 1. The molecule has 3 atom stereocenters. The highest BCUT2D eigenvalue weighted by molar-refractivity contribution is 5.25. The Morgan fingerprint density at radius 1 is 1.32 bits per heavy atom. The van der Waals surface area contributed by atoms with Crippen molar-refractivity contribution in [2.24, 2.45) is 11.7 Å². The van der Waals surface area contributed by atoms with Gasteiger partial charge in [-0.05, 0) is 63.3 Å². The number of likely N-dealkylation sites (tertiary alicyclic amines) is 1. The molecule has 0 spiro atoms. The highest BCUT2D eigenvalue weighted by Crippen LogP contribution is 2.22. The summed E-state index contributed by atoms with van der Waals surface area (Å²) in [6, 6.07) is 8.48. The molecule has 0 bridgehead atoms. The van der Waals surface area contributed by atoms with E-state index in [-0.39, 0.29) is 0 Å². The molecular formula is C16H26N2O. The maximum Gasteiger partial charge on any atom is 0.115 e. The van der Waals surface area contributed by atoms with Crippen LogP contribution in [0.2, 0.25) is 0 Å². The van der Waals surface area contributed by atoms with Crippen LogP contribution in [0.15, 0.2) is 24.3 Å². The highest BCUT2D eigenvalue weighted by atomic mass is 16.3. The molecule has 1 saturated heterocycles. The van der Waals surface area contributed by atoms with Crippen molar-refractivity contribution >= 4 is 0 Å². The Bertz CT molecular complexity index is 388. The van der Waals surface area contributed by atoms with Gasteiger partial charge in [0, 0.05) is 18.6 Å². The average Bonchev–Trinajstić information content (AvgIpc) is 2.87. The molecule has 1 aliphatic heterocycles. The van der Waals surface area contributed by atoms with Crippen molar-refractivity contribution < 1.29 is 5.11 Å². The Hall–Kier alpha value is -1.06. The van der Waals surface area contributed by atoms with Crippen LogP contribution >= 0.6 is 0 Å². The number of nitrogens with two attached hydrogens (primary N) is 1. The predicted octanol–water partition coefficient (Wildman–Crippen LogP) is 2.38. The molecule has 1 aromatic carbocycles. The summed E-state index contributed by atoms with van der Waals surface area (Å²) in [5.74, 6) is 1.01. The zero-order valence-electron chi connectivity index (χ0n) is 12.0. The van der Waals surface area contributed by atoms with Crippen LogP contribution in [-0.2, 0) is 6.42 Å². The number of hydrogen-bond donors (Lipinski definition) is 2.